The summed E-state index contributed by atoms with van der Waals surface area (Å²) in [5, 5.41) is 0. The molecule has 2 heteroatoms. The van der Waals surface area contributed by atoms with Crippen molar-refractivity contribution in [2.45, 2.75) is 66.2 Å². The van der Waals surface area contributed by atoms with E-state index in [9.17, 15) is 9.59 Å². The van der Waals surface area contributed by atoms with Crippen LogP contribution in [0, 0.1) is 22.7 Å². The third-order valence-electron chi connectivity index (χ3n) is 6.72. The Hall–Kier alpha value is -1.18. The lowest BCUT2D eigenvalue weighted by Crippen LogP contribution is -2.44. The topological polar surface area (TPSA) is 34.1 Å². The maximum atomic E-state index is 12.9. The summed E-state index contributed by atoms with van der Waals surface area (Å²) >= 11 is 0. The molecule has 0 aromatic carbocycles. The van der Waals surface area contributed by atoms with Gasteiger partial charge in [0.25, 0.3) is 0 Å². The zero-order valence-corrected chi connectivity index (χ0v) is 14.4. The van der Waals surface area contributed by atoms with Crippen molar-refractivity contribution in [3.63, 3.8) is 0 Å². The Balaban J connectivity index is 2.13. The van der Waals surface area contributed by atoms with Gasteiger partial charge in [0.1, 0.15) is 12.1 Å². The van der Waals surface area contributed by atoms with Crippen molar-refractivity contribution in [1.82, 2.24) is 0 Å². The number of hydrogen-bond donors (Lipinski definition) is 0. The zero-order valence-electron chi connectivity index (χ0n) is 14.4. The number of carbonyl (C=O) groups is 2. The number of aldehydes is 1. The first-order valence-electron chi connectivity index (χ1n) is 8.73. The molecule has 3 rings (SSSR count). The van der Waals surface area contributed by atoms with Gasteiger partial charge in [-0.1, -0.05) is 44.9 Å². The van der Waals surface area contributed by atoms with E-state index in [4.69, 9.17) is 0 Å². The Labute approximate surface area is 134 Å². The molecule has 0 unspecified atom stereocenters. The Bertz CT molecular complexity index is 581. The van der Waals surface area contributed by atoms with Crippen LogP contribution >= 0.6 is 0 Å². The van der Waals surface area contributed by atoms with Gasteiger partial charge in [0.05, 0.1) is 0 Å². The summed E-state index contributed by atoms with van der Waals surface area (Å²) in [6.45, 7) is 9.12. The van der Waals surface area contributed by atoms with Gasteiger partial charge in [-0.2, -0.15) is 0 Å². The highest BCUT2D eigenvalue weighted by Crippen LogP contribution is 2.62. The van der Waals surface area contributed by atoms with Crippen LogP contribution < -0.4 is 0 Å². The Morgan fingerprint density at radius 3 is 2.59 bits per heavy atom. The number of rotatable bonds is 2. The molecule has 0 bridgehead atoms. The predicted molar refractivity (Wildman–Crippen MR) is 88.4 cm³/mol. The summed E-state index contributed by atoms with van der Waals surface area (Å²) in [5.41, 5.74) is 3.86. The quantitative estimate of drug-likeness (QED) is 0.550. The molecule has 0 saturated heterocycles. The largest absolute Gasteiger partial charge is 0.299 e. The van der Waals surface area contributed by atoms with Crippen molar-refractivity contribution in [3.8, 4) is 0 Å². The van der Waals surface area contributed by atoms with Gasteiger partial charge in [-0.25, -0.2) is 0 Å². The molecule has 2 nitrogen and oxygen atoms in total. The molecule has 0 N–H and O–H groups in total. The minimum atomic E-state index is -0.277. The van der Waals surface area contributed by atoms with Crippen LogP contribution in [0.2, 0.25) is 0 Å². The SMILES string of the molecule is CC(C)C1=C2[C@@H]3CC=C(C=O)CC(=O)[C@]3(C)CC[C@@]2(C)CC1. The van der Waals surface area contributed by atoms with Crippen LogP contribution in [0.25, 0.3) is 0 Å². The van der Waals surface area contributed by atoms with Crippen molar-refractivity contribution in [2.24, 2.45) is 22.7 Å². The van der Waals surface area contributed by atoms with Crippen LogP contribution in [0.4, 0.5) is 0 Å². The summed E-state index contributed by atoms with van der Waals surface area (Å²) < 4.78 is 0. The summed E-state index contributed by atoms with van der Waals surface area (Å²) in [5.74, 6) is 1.14. The minimum Gasteiger partial charge on any atom is -0.299 e. The fraction of sp³-hybridized carbons (Fsp3) is 0.700. The second-order valence-electron chi connectivity index (χ2n) is 8.36. The Kier molecular flexibility index (Phi) is 3.70. The number of fused-ring (bicyclic) bond motifs is 3. The molecule has 3 atom stereocenters. The zero-order chi connectivity index (χ0) is 16.1. The van der Waals surface area contributed by atoms with Crippen LogP contribution in [0.15, 0.2) is 22.8 Å². The van der Waals surface area contributed by atoms with E-state index in [1.54, 1.807) is 11.1 Å². The number of allylic oxidation sites excluding steroid dienone is 4. The maximum Gasteiger partial charge on any atom is 0.146 e. The van der Waals surface area contributed by atoms with E-state index < -0.39 is 0 Å². The van der Waals surface area contributed by atoms with Gasteiger partial charge in [0.2, 0.25) is 0 Å². The van der Waals surface area contributed by atoms with Gasteiger partial charge in [-0.3, -0.25) is 9.59 Å². The molecule has 3 aliphatic rings. The molecule has 0 spiro atoms. The molecule has 22 heavy (non-hydrogen) atoms. The number of Topliss-reactive ketones (excluding diaryl/α,β-unsaturated/α-hetero) is 1. The van der Waals surface area contributed by atoms with Gasteiger partial charge < -0.3 is 0 Å². The maximum absolute atomic E-state index is 12.9. The molecule has 3 aliphatic carbocycles. The number of carbonyl (C=O) groups excluding carboxylic acids is 2. The van der Waals surface area contributed by atoms with E-state index in [0.717, 1.165) is 25.5 Å². The van der Waals surface area contributed by atoms with E-state index >= 15 is 0 Å². The third kappa shape index (κ3) is 2.14. The lowest BCUT2D eigenvalue weighted by Gasteiger charge is -2.48. The van der Waals surface area contributed by atoms with E-state index in [1.165, 1.54) is 12.8 Å². The number of ketones is 1. The lowest BCUT2D eigenvalue weighted by atomic mass is 9.54. The fourth-order valence-electron chi connectivity index (χ4n) is 5.13. The second kappa shape index (κ2) is 5.18. The van der Waals surface area contributed by atoms with Crippen molar-refractivity contribution >= 4 is 12.1 Å². The van der Waals surface area contributed by atoms with Gasteiger partial charge in [-0.15, -0.1) is 0 Å². The van der Waals surface area contributed by atoms with E-state index in [1.807, 2.05) is 6.08 Å². The highest BCUT2D eigenvalue weighted by Gasteiger charge is 2.54. The third-order valence-corrected chi connectivity index (χ3v) is 6.72. The van der Waals surface area contributed by atoms with E-state index in [2.05, 4.69) is 27.7 Å². The van der Waals surface area contributed by atoms with Crippen LogP contribution in [0.1, 0.15) is 66.2 Å². The van der Waals surface area contributed by atoms with E-state index in [0.29, 0.717) is 23.8 Å². The molecule has 0 amide bonds. The number of hydrogen-bond acceptors (Lipinski definition) is 2. The van der Waals surface area contributed by atoms with Crippen LogP contribution in [0.5, 0.6) is 0 Å². The van der Waals surface area contributed by atoms with Crippen molar-refractivity contribution in [3.05, 3.63) is 22.8 Å². The van der Waals surface area contributed by atoms with Gasteiger partial charge in [-0.05, 0) is 54.9 Å². The smallest absolute Gasteiger partial charge is 0.146 e. The molecule has 0 aromatic heterocycles. The average Bonchev–Trinajstić information content (AvgIpc) is 2.76. The molecule has 0 aromatic rings. The minimum absolute atomic E-state index is 0.276. The molecular formula is C20H28O2. The lowest BCUT2D eigenvalue weighted by molar-refractivity contribution is -0.131. The van der Waals surface area contributed by atoms with Crippen LogP contribution in [-0.4, -0.2) is 12.1 Å². The molecular weight excluding hydrogens is 272 g/mol. The van der Waals surface area contributed by atoms with Crippen molar-refractivity contribution < 1.29 is 9.59 Å². The summed E-state index contributed by atoms with van der Waals surface area (Å²) in [6, 6.07) is 0. The fourth-order valence-corrected chi connectivity index (χ4v) is 5.13. The van der Waals surface area contributed by atoms with Crippen LogP contribution in [0.3, 0.4) is 0 Å². The van der Waals surface area contributed by atoms with Crippen LogP contribution in [-0.2, 0) is 9.59 Å². The average molecular weight is 300 g/mol. The van der Waals surface area contributed by atoms with Crippen molar-refractivity contribution in [1.29, 1.82) is 0 Å². The Morgan fingerprint density at radius 1 is 1.23 bits per heavy atom. The van der Waals surface area contributed by atoms with Gasteiger partial charge in [0.15, 0.2) is 0 Å². The standard InChI is InChI=1S/C20H28O2/c1-13(2)15-7-8-19(3)9-10-20(4)16(18(15)19)6-5-14(12-21)11-17(20)22/h5,12-13,16H,6-11H2,1-4H3/t16-,19+,20+/m0/s1. The second-order valence-corrected chi connectivity index (χ2v) is 8.36. The molecule has 120 valence electrons. The monoisotopic (exact) mass is 300 g/mol. The molecule has 0 heterocycles. The summed E-state index contributed by atoms with van der Waals surface area (Å²) in [6.07, 6.45) is 8.62. The summed E-state index contributed by atoms with van der Waals surface area (Å²) in [7, 11) is 0. The molecule has 0 aliphatic heterocycles. The van der Waals surface area contributed by atoms with Crippen molar-refractivity contribution in [2.75, 3.05) is 0 Å². The normalized spacial score (nSPS) is 38.5. The highest BCUT2D eigenvalue weighted by molar-refractivity contribution is 5.93. The summed E-state index contributed by atoms with van der Waals surface area (Å²) in [4.78, 5) is 24.1. The molecule has 1 fully saturated rings. The molecule has 0 radical (unpaired) electrons. The first-order chi connectivity index (χ1) is 10.3. The Morgan fingerprint density at radius 2 is 1.95 bits per heavy atom. The highest BCUT2D eigenvalue weighted by atomic mass is 16.1. The van der Waals surface area contributed by atoms with Gasteiger partial charge in [0, 0.05) is 11.8 Å². The van der Waals surface area contributed by atoms with Gasteiger partial charge >= 0.3 is 0 Å². The van der Waals surface area contributed by atoms with E-state index in [-0.39, 0.29) is 16.6 Å². The first kappa shape index (κ1) is 15.7. The molecule has 1 saturated carbocycles. The predicted octanol–water partition coefficient (Wildman–Crippen LogP) is 4.64. The first-order valence-corrected chi connectivity index (χ1v) is 8.73.